The lowest BCUT2D eigenvalue weighted by molar-refractivity contribution is 0.787. The standard InChI is InChI=1S/C17H13N3S/c1-2-13-21-17-18-16(14-9-5-3-6-10-14)19-20(17)15-11-7-4-8-12-15/h1,3-12H,13H2. The smallest absolute Gasteiger partial charge is 0.192 e. The molecule has 3 nitrogen and oxygen atoms in total. The first-order valence-electron chi connectivity index (χ1n) is 6.52. The third-order valence-corrected chi connectivity index (χ3v) is 3.73. The molecule has 3 rings (SSSR count). The number of hydrogen-bond acceptors (Lipinski definition) is 3. The second kappa shape index (κ2) is 6.29. The maximum atomic E-state index is 5.35. The van der Waals surface area contributed by atoms with Gasteiger partial charge in [0, 0.05) is 5.56 Å². The van der Waals surface area contributed by atoms with Crippen LogP contribution >= 0.6 is 11.8 Å². The van der Waals surface area contributed by atoms with Gasteiger partial charge in [-0.05, 0) is 12.1 Å². The van der Waals surface area contributed by atoms with Crippen LogP contribution in [-0.2, 0) is 0 Å². The Kier molecular flexibility index (Phi) is 4.04. The van der Waals surface area contributed by atoms with Gasteiger partial charge in [0.1, 0.15) is 0 Å². The van der Waals surface area contributed by atoms with Gasteiger partial charge in [0.05, 0.1) is 11.4 Å². The third kappa shape index (κ3) is 2.99. The Morgan fingerprint density at radius 3 is 2.33 bits per heavy atom. The number of rotatable bonds is 4. The zero-order valence-electron chi connectivity index (χ0n) is 11.3. The van der Waals surface area contributed by atoms with Crippen molar-refractivity contribution >= 4 is 11.8 Å². The average Bonchev–Trinajstić information content (AvgIpc) is 2.99. The van der Waals surface area contributed by atoms with Crippen LogP contribution in [0.3, 0.4) is 0 Å². The first-order valence-corrected chi connectivity index (χ1v) is 7.51. The van der Waals surface area contributed by atoms with Crippen LogP contribution in [0.5, 0.6) is 0 Å². The molecule has 0 amide bonds. The SMILES string of the molecule is C#CCSc1nc(-c2ccccc2)nn1-c1ccccc1. The number of terminal acetylenes is 1. The van der Waals surface area contributed by atoms with Crippen LogP contribution in [0.4, 0.5) is 0 Å². The van der Waals surface area contributed by atoms with Crippen LogP contribution in [-0.4, -0.2) is 20.5 Å². The molecule has 0 atom stereocenters. The van der Waals surface area contributed by atoms with Gasteiger partial charge in [0.15, 0.2) is 11.0 Å². The van der Waals surface area contributed by atoms with Crippen molar-refractivity contribution in [2.75, 3.05) is 5.75 Å². The van der Waals surface area contributed by atoms with Crippen LogP contribution in [0.15, 0.2) is 65.8 Å². The molecule has 0 aliphatic heterocycles. The summed E-state index contributed by atoms with van der Waals surface area (Å²) in [5.74, 6) is 3.90. The number of hydrogen-bond donors (Lipinski definition) is 0. The second-order valence-electron chi connectivity index (χ2n) is 4.32. The molecule has 0 radical (unpaired) electrons. The van der Waals surface area contributed by atoms with E-state index in [1.165, 1.54) is 11.8 Å². The van der Waals surface area contributed by atoms with Gasteiger partial charge in [-0.25, -0.2) is 9.67 Å². The largest absolute Gasteiger partial charge is 0.207 e. The van der Waals surface area contributed by atoms with Crippen molar-refractivity contribution in [2.24, 2.45) is 0 Å². The first-order chi connectivity index (χ1) is 10.4. The Bertz CT molecular complexity index is 758. The van der Waals surface area contributed by atoms with Gasteiger partial charge in [0.2, 0.25) is 0 Å². The fourth-order valence-electron chi connectivity index (χ4n) is 1.94. The van der Waals surface area contributed by atoms with E-state index in [1.54, 1.807) is 0 Å². The van der Waals surface area contributed by atoms with E-state index in [2.05, 4.69) is 16.0 Å². The zero-order valence-corrected chi connectivity index (χ0v) is 12.1. The Balaban J connectivity index is 2.06. The summed E-state index contributed by atoms with van der Waals surface area (Å²) in [7, 11) is 0. The number of aromatic nitrogens is 3. The Hall–Kier alpha value is -2.51. The maximum absolute atomic E-state index is 5.35. The topological polar surface area (TPSA) is 30.7 Å². The van der Waals surface area contributed by atoms with E-state index in [9.17, 15) is 0 Å². The fourth-order valence-corrected chi connectivity index (χ4v) is 2.58. The molecular weight excluding hydrogens is 278 g/mol. The number of benzene rings is 2. The van der Waals surface area contributed by atoms with E-state index >= 15 is 0 Å². The average molecular weight is 291 g/mol. The summed E-state index contributed by atoms with van der Waals surface area (Å²) in [6.07, 6.45) is 5.35. The van der Waals surface area contributed by atoms with Crippen LogP contribution in [0.25, 0.3) is 17.1 Å². The first kappa shape index (κ1) is 13.5. The molecule has 0 bridgehead atoms. The summed E-state index contributed by atoms with van der Waals surface area (Å²) in [6.45, 7) is 0. The highest BCUT2D eigenvalue weighted by Gasteiger charge is 2.12. The molecule has 0 fully saturated rings. The van der Waals surface area contributed by atoms with Crippen molar-refractivity contribution in [1.29, 1.82) is 0 Å². The zero-order chi connectivity index (χ0) is 14.5. The molecule has 3 aromatic rings. The highest BCUT2D eigenvalue weighted by atomic mass is 32.2. The molecule has 0 spiro atoms. The Morgan fingerprint density at radius 2 is 1.67 bits per heavy atom. The molecule has 1 aromatic heterocycles. The predicted molar refractivity (Wildman–Crippen MR) is 86.4 cm³/mol. The lowest BCUT2D eigenvalue weighted by atomic mass is 10.2. The molecular formula is C17H13N3S. The van der Waals surface area contributed by atoms with E-state index in [4.69, 9.17) is 6.42 Å². The molecule has 2 aromatic carbocycles. The van der Waals surface area contributed by atoms with Crippen LogP contribution in [0, 0.1) is 12.3 Å². The monoisotopic (exact) mass is 291 g/mol. The van der Waals surface area contributed by atoms with Crippen molar-refractivity contribution in [3.8, 4) is 29.4 Å². The van der Waals surface area contributed by atoms with Crippen molar-refractivity contribution in [3.63, 3.8) is 0 Å². The fraction of sp³-hybridized carbons (Fsp3) is 0.0588. The van der Waals surface area contributed by atoms with Crippen LogP contribution in [0.1, 0.15) is 0 Å². The molecule has 0 saturated carbocycles. The van der Waals surface area contributed by atoms with Gasteiger partial charge in [-0.1, -0.05) is 66.2 Å². The highest BCUT2D eigenvalue weighted by molar-refractivity contribution is 7.99. The third-order valence-electron chi connectivity index (χ3n) is 2.89. The summed E-state index contributed by atoms with van der Waals surface area (Å²) in [6, 6.07) is 19.9. The molecule has 0 saturated heterocycles. The molecule has 1 heterocycles. The van der Waals surface area contributed by atoms with E-state index < -0.39 is 0 Å². The molecule has 0 aliphatic rings. The van der Waals surface area contributed by atoms with Crippen LogP contribution in [0.2, 0.25) is 0 Å². The van der Waals surface area contributed by atoms with Gasteiger partial charge >= 0.3 is 0 Å². The number of para-hydroxylation sites is 1. The van der Waals surface area contributed by atoms with Crippen LogP contribution < -0.4 is 0 Å². The second-order valence-corrected chi connectivity index (χ2v) is 5.27. The van der Waals surface area contributed by atoms with E-state index in [0.29, 0.717) is 11.6 Å². The van der Waals surface area contributed by atoms with Crippen molar-refractivity contribution in [3.05, 3.63) is 60.7 Å². The summed E-state index contributed by atoms with van der Waals surface area (Å²) < 4.78 is 1.84. The lowest BCUT2D eigenvalue weighted by Crippen LogP contribution is -1.98. The van der Waals surface area contributed by atoms with Gasteiger partial charge < -0.3 is 0 Å². The molecule has 0 aliphatic carbocycles. The van der Waals surface area contributed by atoms with E-state index in [1.807, 2.05) is 65.3 Å². The van der Waals surface area contributed by atoms with Crippen molar-refractivity contribution < 1.29 is 0 Å². The van der Waals surface area contributed by atoms with Crippen molar-refractivity contribution in [2.45, 2.75) is 5.16 Å². The van der Waals surface area contributed by atoms with E-state index in [0.717, 1.165) is 16.4 Å². The molecule has 4 heteroatoms. The lowest BCUT2D eigenvalue weighted by Gasteiger charge is -2.03. The van der Waals surface area contributed by atoms with Gasteiger partial charge in [-0.2, -0.15) is 0 Å². The maximum Gasteiger partial charge on any atom is 0.192 e. The van der Waals surface area contributed by atoms with E-state index in [-0.39, 0.29) is 0 Å². The minimum absolute atomic E-state index is 0.569. The summed E-state index contributed by atoms with van der Waals surface area (Å²) >= 11 is 1.51. The highest BCUT2D eigenvalue weighted by Crippen LogP contribution is 2.24. The van der Waals surface area contributed by atoms with Gasteiger partial charge in [-0.3, -0.25) is 0 Å². The van der Waals surface area contributed by atoms with Gasteiger partial charge in [-0.15, -0.1) is 11.5 Å². The molecule has 0 unspecified atom stereocenters. The molecule has 102 valence electrons. The summed E-state index contributed by atoms with van der Waals surface area (Å²) in [5.41, 5.74) is 1.97. The Labute approximate surface area is 128 Å². The Morgan fingerprint density at radius 1 is 1.00 bits per heavy atom. The summed E-state index contributed by atoms with van der Waals surface area (Å²) in [4.78, 5) is 4.61. The van der Waals surface area contributed by atoms with Gasteiger partial charge in [0.25, 0.3) is 0 Å². The molecule has 0 N–H and O–H groups in total. The minimum Gasteiger partial charge on any atom is -0.207 e. The number of thioether (sulfide) groups is 1. The summed E-state index contributed by atoms with van der Waals surface area (Å²) in [5, 5.41) is 5.42. The van der Waals surface area contributed by atoms with Crippen molar-refractivity contribution in [1.82, 2.24) is 14.8 Å². The quantitative estimate of drug-likeness (QED) is 0.543. The molecule has 21 heavy (non-hydrogen) atoms. The number of nitrogens with zero attached hydrogens (tertiary/aromatic N) is 3. The normalized spacial score (nSPS) is 10.2. The predicted octanol–water partition coefficient (Wildman–Crippen LogP) is 3.66. The minimum atomic E-state index is 0.569.